The highest BCUT2D eigenvalue weighted by Gasteiger charge is 2.96. The van der Waals surface area contributed by atoms with Gasteiger partial charge in [0.25, 0.3) is 0 Å². The lowest BCUT2D eigenvalue weighted by Crippen LogP contribution is -2.55. The number of hydrogen-bond donors (Lipinski definition) is 1. The van der Waals surface area contributed by atoms with Crippen molar-refractivity contribution in [2.24, 2.45) is 5.92 Å². The molecule has 1 N–H and O–H groups in total. The molecular weight excluding hydrogens is 166 g/mol. The molecule has 0 radical (unpaired) electrons. The third-order valence-corrected chi connectivity index (χ3v) is 4.67. The van der Waals surface area contributed by atoms with Gasteiger partial charge in [0, 0.05) is 6.08 Å². The first-order valence-electron chi connectivity index (χ1n) is 4.99. The smallest absolute Gasteiger partial charge is 0.162 e. The van der Waals surface area contributed by atoms with Crippen LogP contribution in [0.4, 0.5) is 0 Å². The van der Waals surface area contributed by atoms with Gasteiger partial charge in [-0.3, -0.25) is 0 Å². The molecule has 1 aliphatic carbocycles. The van der Waals surface area contributed by atoms with Crippen LogP contribution in [0, 0.1) is 5.92 Å². The van der Waals surface area contributed by atoms with Crippen molar-refractivity contribution in [2.45, 2.75) is 30.2 Å². The first-order chi connectivity index (χ1) is 6.08. The Hall–Kier alpha value is -0.540. The molecule has 4 unspecified atom stereocenters. The van der Waals surface area contributed by atoms with E-state index in [0.29, 0.717) is 23.9 Å². The molecule has 5 atom stereocenters. The maximum atomic E-state index is 9.59. The highest BCUT2D eigenvalue weighted by molar-refractivity contribution is 5.42. The Morgan fingerprint density at radius 2 is 2.38 bits per heavy atom. The van der Waals surface area contributed by atoms with E-state index in [4.69, 9.17) is 4.74 Å². The zero-order valence-corrected chi connectivity index (χ0v) is 7.90. The normalized spacial score (nSPS) is 63.7. The van der Waals surface area contributed by atoms with E-state index in [1.807, 2.05) is 6.08 Å². The molecule has 3 aliphatic heterocycles. The summed E-state index contributed by atoms with van der Waals surface area (Å²) in [6, 6.07) is 1.02. The number of nitrogens with zero attached hydrogens (tertiary/aromatic N) is 1. The molecule has 0 aromatic heterocycles. The van der Waals surface area contributed by atoms with Crippen molar-refractivity contribution in [1.82, 2.24) is 0 Å². The molecule has 3 nitrogen and oxygen atoms in total. The number of fused-ring (bicyclic) bond motifs is 4. The third kappa shape index (κ3) is 0.475. The summed E-state index contributed by atoms with van der Waals surface area (Å²) in [5.74, 6) is 1.33. The number of ether oxygens (including phenoxy) is 1. The van der Waals surface area contributed by atoms with Gasteiger partial charge in [0.2, 0.25) is 0 Å². The molecule has 0 amide bonds. The van der Waals surface area contributed by atoms with Crippen LogP contribution in [0.1, 0.15) is 6.42 Å². The van der Waals surface area contributed by atoms with Crippen LogP contribution < -0.4 is 0 Å². The average Bonchev–Trinajstić information content (AvgIpc) is 2.80. The molecule has 3 fully saturated rings. The molecule has 0 aromatic rings. The van der Waals surface area contributed by atoms with Gasteiger partial charge in [-0.25, -0.2) is 0 Å². The first-order valence-corrected chi connectivity index (χ1v) is 4.99. The summed E-state index contributed by atoms with van der Waals surface area (Å²) < 4.78 is 6.66. The number of hydrogen-bond acceptors (Lipinski definition) is 2. The summed E-state index contributed by atoms with van der Waals surface area (Å²) in [6.07, 6.45) is 3.44. The summed E-state index contributed by atoms with van der Waals surface area (Å²) in [5.41, 5.74) is 0.179. The summed E-state index contributed by atoms with van der Waals surface area (Å²) in [7, 11) is 4.52. The van der Waals surface area contributed by atoms with Crippen LogP contribution >= 0.6 is 0 Å². The first kappa shape index (κ1) is 6.85. The van der Waals surface area contributed by atoms with Crippen molar-refractivity contribution in [3.63, 3.8) is 0 Å². The van der Waals surface area contributed by atoms with E-state index in [-0.39, 0.29) is 5.60 Å². The summed E-state index contributed by atoms with van der Waals surface area (Å²) in [4.78, 5) is 0. The minimum Gasteiger partial charge on any atom is -0.512 e. The number of aliphatic hydroxyl groups is 1. The van der Waals surface area contributed by atoms with Gasteiger partial charge in [-0.15, -0.1) is 0 Å². The largest absolute Gasteiger partial charge is 0.512 e. The van der Waals surface area contributed by atoms with Crippen molar-refractivity contribution in [3.8, 4) is 0 Å². The monoisotopic (exact) mass is 180 g/mol. The molecule has 4 aliphatic rings. The molecular formula is C10H14NO2+. The zero-order chi connectivity index (χ0) is 9.01. The minimum absolute atomic E-state index is 0.179. The topological polar surface area (TPSA) is 32.8 Å². The SMILES string of the molecule is C[N+]1(C)C2CC(O)=CC1C13O[C@H]1C23. The van der Waals surface area contributed by atoms with Gasteiger partial charge in [0.15, 0.2) is 5.60 Å². The van der Waals surface area contributed by atoms with Crippen molar-refractivity contribution in [3.05, 3.63) is 11.8 Å². The molecule has 2 bridgehead atoms. The Bertz CT molecular complexity index is 349. The highest BCUT2D eigenvalue weighted by atomic mass is 16.7. The molecule has 70 valence electrons. The second kappa shape index (κ2) is 1.44. The number of aliphatic hydroxyl groups excluding tert-OH is 1. The Balaban J connectivity index is 1.90. The van der Waals surface area contributed by atoms with Crippen LogP contribution in [0.15, 0.2) is 11.8 Å². The summed E-state index contributed by atoms with van der Waals surface area (Å²) in [5, 5.41) is 9.59. The highest BCUT2D eigenvalue weighted by Crippen LogP contribution is 2.77. The number of quaternary nitrogens is 1. The van der Waals surface area contributed by atoms with Crippen molar-refractivity contribution >= 4 is 0 Å². The third-order valence-electron chi connectivity index (χ3n) is 4.67. The average molecular weight is 180 g/mol. The minimum atomic E-state index is 0.179. The number of likely N-dealkylation sites (N-methyl/N-ethyl adjacent to an activating group) is 1. The summed E-state index contributed by atoms with van der Waals surface area (Å²) in [6.45, 7) is 0. The second-order valence-corrected chi connectivity index (χ2v) is 5.42. The van der Waals surface area contributed by atoms with Gasteiger partial charge >= 0.3 is 0 Å². The van der Waals surface area contributed by atoms with Gasteiger partial charge in [0.05, 0.1) is 26.4 Å². The van der Waals surface area contributed by atoms with E-state index in [1.165, 1.54) is 0 Å². The predicted octanol–water partition coefficient (Wildman–Crippen LogP) is 0.427. The van der Waals surface area contributed by atoms with Gasteiger partial charge < -0.3 is 14.3 Å². The molecule has 1 saturated carbocycles. The van der Waals surface area contributed by atoms with Crippen LogP contribution in [-0.4, -0.2) is 47.5 Å². The fourth-order valence-corrected chi connectivity index (χ4v) is 3.87. The Morgan fingerprint density at radius 1 is 1.62 bits per heavy atom. The molecule has 13 heavy (non-hydrogen) atoms. The van der Waals surface area contributed by atoms with Crippen LogP contribution in [0.5, 0.6) is 0 Å². The van der Waals surface area contributed by atoms with Crippen LogP contribution in [0.25, 0.3) is 0 Å². The standard InChI is InChI=1S/C10H13NO2/c1-11(2)6-3-5(12)4-7(11)10-8(6)9(10)13-10/h4,6-9H,3H2,1-2H3/p+1/t6?,7?,8?,9-,10?/m0/s1. The quantitative estimate of drug-likeness (QED) is 0.433. The molecule has 3 heteroatoms. The van der Waals surface area contributed by atoms with Crippen LogP contribution in [0.2, 0.25) is 0 Å². The van der Waals surface area contributed by atoms with Crippen LogP contribution in [0.3, 0.4) is 0 Å². The lowest BCUT2D eigenvalue weighted by Gasteiger charge is -2.40. The maximum Gasteiger partial charge on any atom is 0.162 e. The predicted molar refractivity (Wildman–Crippen MR) is 46.1 cm³/mol. The molecule has 1 spiro atoms. The van der Waals surface area contributed by atoms with Crippen LogP contribution in [-0.2, 0) is 4.74 Å². The van der Waals surface area contributed by atoms with E-state index in [2.05, 4.69) is 14.1 Å². The van der Waals surface area contributed by atoms with Crippen molar-refractivity contribution in [2.75, 3.05) is 14.1 Å². The maximum absolute atomic E-state index is 9.59. The van der Waals surface area contributed by atoms with Gasteiger partial charge in [-0.05, 0) is 0 Å². The van der Waals surface area contributed by atoms with E-state index in [1.54, 1.807) is 0 Å². The van der Waals surface area contributed by atoms with Gasteiger partial charge in [-0.2, -0.15) is 0 Å². The van der Waals surface area contributed by atoms with Gasteiger partial charge in [0.1, 0.15) is 23.9 Å². The summed E-state index contributed by atoms with van der Waals surface area (Å²) >= 11 is 0. The molecule has 3 heterocycles. The fourth-order valence-electron chi connectivity index (χ4n) is 3.87. The van der Waals surface area contributed by atoms with E-state index < -0.39 is 0 Å². The van der Waals surface area contributed by atoms with Gasteiger partial charge in [-0.1, -0.05) is 0 Å². The lowest BCUT2D eigenvalue weighted by atomic mass is 10.0. The van der Waals surface area contributed by atoms with Crippen molar-refractivity contribution in [1.29, 1.82) is 0 Å². The Labute approximate surface area is 77.2 Å². The second-order valence-electron chi connectivity index (χ2n) is 5.42. The number of piperidine rings is 1. The molecule has 4 rings (SSSR count). The Morgan fingerprint density at radius 3 is 3.00 bits per heavy atom. The number of rotatable bonds is 0. The van der Waals surface area contributed by atoms with E-state index >= 15 is 0 Å². The molecule has 2 saturated heterocycles. The van der Waals surface area contributed by atoms with E-state index in [9.17, 15) is 5.11 Å². The Kier molecular flexibility index (Phi) is 0.761. The van der Waals surface area contributed by atoms with Crippen molar-refractivity contribution < 1.29 is 14.3 Å². The van der Waals surface area contributed by atoms with E-state index in [0.717, 1.165) is 16.8 Å². The fraction of sp³-hybridized carbons (Fsp3) is 0.800. The lowest BCUT2D eigenvalue weighted by molar-refractivity contribution is -0.925. The zero-order valence-electron chi connectivity index (χ0n) is 7.90. The molecule has 0 aromatic carbocycles. The number of epoxide rings is 1.